The van der Waals surface area contributed by atoms with E-state index >= 15 is 0 Å². The highest BCUT2D eigenvalue weighted by Gasteiger charge is 2.68. The van der Waals surface area contributed by atoms with Gasteiger partial charge in [-0.15, -0.1) is 0 Å². The zero-order chi connectivity index (χ0) is 20.9. The second-order valence-electron chi connectivity index (χ2n) is 13.3. The Balaban J connectivity index is 1.26. The lowest BCUT2D eigenvalue weighted by atomic mass is 9.44. The molecule has 0 radical (unpaired) electrons. The first-order valence-corrected chi connectivity index (χ1v) is 13.4. The first-order valence-electron chi connectivity index (χ1n) is 13.4. The van der Waals surface area contributed by atoms with Crippen LogP contribution in [0.4, 0.5) is 0 Å². The first-order chi connectivity index (χ1) is 14.3. The summed E-state index contributed by atoms with van der Waals surface area (Å²) in [5.74, 6) is 5.57. The molecule has 6 rings (SSSR count). The summed E-state index contributed by atoms with van der Waals surface area (Å²) in [6.07, 6.45) is 13.2. The van der Waals surface area contributed by atoms with Crippen molar-refractivity contribution in [3.63, 3.8) is 0 Å². The highest BCUT2D eigenvalue weighted by Crippen LogP contribution is 2.71. The highest BCUT2D eigenvalue weighted by atomic mass is 16.5. The van der Waals surface area contributed by atoms with Crippen molar-refractivity contribution in [3.05, 3.63) is 0 Å². The molecule has 0 aromatic heterocycles. The van der Waals surface area contributed by atoms with Crippen LogP contribution < -0.4 is 5.32 Å². The van der Waals surface area contributed by atoms with Crippen LogP contribution in [0.2, 0.25) is 0 Å². The first kappa shape index (κ1) is 20.5. The third-order valence-electron chi connectivity index (χ3n) is 12.1. The van der Waals surface area contributed by atoms with Gasteiger partial charge in [-0.2, -0.15) is 0 Å². The summed E-state index contributed by atoms with van der Waals surface area (Å²) in [6.45, 7) is 11.3. The average Bonchev–Trinajstić information content (AvgIpc) is 3.16. The molecule has 0 aromatic rings. The van der Waals surface area contributed by atoms with Crippen molar-refractivity contribution >= 4 is 0 Å². The topological polar surface area (TPSA) is 41.5 Å². The molecule has 0 bridgehead atoms. The van der Waals surface area contributed by atoms with E-state index in [-0.39, 0.29) is 11.8 Å². The molecule has 6 aliphatic rings. The molecule has 12 atom stereocenters. The van der Waals surface area contributed by atoms with Gasteiger partial charge in [0.25, 0.3) is 0 Å². The van der Waals surface area contributed by atoms with Gasteiger partial charge in [0.1, 0.15) is 5.72 Å². The highest BCUT2D eigenvalue weighted by molar-refractivity contribution is 5.16. The van der Waals surface area contributed by atoms with E-state index in [4.69, 9.17) is 4.74 Å². The molecular weight excluding hydrogens is 370 g/mol. The summed E-state index contributed by atoms with van der Waals surface area (Å²) in [4.78, 5) is 0. The predicted octanol–water partition coefficient (Wildman–Crippen LogP) is 5.37. The smallest absolute Gasteiger partial charge is 0.122 e. The molecular formula is C27H45NO2. The maximum absolute atomic E-state index is 10.3. The van der Waals surface area contributed by atoms with Gasteiger partial charge in [-0.05, 0) is 111 Å². The fourth-order valence-electron chi connectivity index (χ4n) is 10.4. The molecule has 6 fully saturated rings. The quantitative estimate of drug-likeness (QED) is 0.559. The fraction of sp³-hybridized carbons (Fsp3) is 1.00. The molecule has 2 aliphatic heterocycles. The molecule has 4 saturated carbocycles. The molecule has 4 aliphatic carbocycles. The third kappa shape index (κ3) is 2.61. The lowest BCUT2D eigenvalue weighted by Crippen LogP contribution is -2.57. The van der Waals surface area contributed by atoms with Crippen molar-refractivity contribution in [1.29, 1.82) is 0 Å². The Bertz CT molecular complexity index is 686. The molecule has 3 heteroatoms. The van der Waals surface area contributed by atoms with E-state index in [0.717, 1.165) is 54.9 Å². The maximum atomic E-state index is 10.3. The Morgan fingerprint density at radius 3 is 2.43 bits per heavy atom. The van der Waals surface area contributed by atoms with Gasteiger partial charge in [-0.3, -0.25) is 5.32 Å². The van der Waals surface area contributed by atoms with Crippen molar-refractivity contribution in [2.75, 3.05) is 6.54 Å². The van der Waals surface area contributed by atoms with Crippen LogP contribution in [-0.4, -0.2) is 29.6 Å². The molecule has 170 valence electrons. The summed E-state index contributed by atoms with van der Waals surface area (Å²) in [5.41, 5.74) is 0.919. The molecule has 0 aromatic carbocycles. The Morgan fingerprint density at radius 2 is 1.67 bits per heavy atom. The minimum absolute atomic E-state index is 0.0319. The molecule has 2 heterocycles. The van der Waals surface area contributed by atoms with Gasteiger partial charge >= 0.3 is 0 Å². The van der Waals surface area contributed by atoms with E-state index in [1.54, 1.807) is 0 Å². The van der Waals surface area contributed by atoms with Gasteiger partial charge in [0.15, 0.2) is 0 Å². The number of fused-ring (bicyclic) bond motifs is 7. The van der Waals surface area contributed by atoms with Crippen LogP contribution in [0.5, 0.6) is 0 Å². The maximum Gasteiger partial charge on any atom is 0.122 e. The SMILES string of the molecule is C[C@@H]1CC[C@]2(NC1)O[C@H]1C[C@H]3[C@@H]4CC[C@H]5C[C@@H](O)CC[C@]5(C)[C@H]4CC[C@]3(C)[C@H]1[C@H]2C. The molecule has 0 unspecified atom stereocenters. The van der Waals surface area contributed by atoms with E-state index in [9.17, 15) is 5.11 Å². The second kappa shape index (κ2) is 6.70. The Labute approximate surface area is 184 Å². The third-order valence-corrected chi connectivity index (χ3v) is 12.1. The van der Waals surface area contributed by atoms with Gasteiger partial charge in [-0.25, -0.2) is 0 Å². The average molecular weight is 416 g/mol. The van der Waals surface area contributed by atoms with Crippen LogP contribution in [0.25, 0.3) is 0 Å². The fourth-order valence-corrected chi connectivity index (χ4v) is 10.4. The molecule has 3 nitrogen and oxygen atoms in total. The van der Waals surface area contributed by atoms with Crippen molar-refractivity contribution < 1.29 is 9.84 Å². The van der Waals surface area contributed by atoms with E-state index in [0.29, 0.717) is 22.9 Å². The number of rotatable bonds is 0. The van der Waals surface area contributed by atoms with Crippen LogP contribution in [-0.2, 0) is 4.74 Å². The van der Waals surface area contributed by atoms with Crippen molar-refractivity contribution in [2.24, 2.45) is 52.3 Å². The Hall–Kier alpha value is -0.120. The number of aliphatic hydroxyl groups excluding tert-OH is 1. The lowest BCUT2D eigenvalue weighted by molar-refractivity contribution is -0.140. The lowest BCUT2D eigenvalue weighted by Gasteiger charge is -2.61. The van der Waals surface area contributed by atoms with Crippen molar-refractivity contribution in [2.45, 2.75) is 110 Å². The van der Waals surface area contributed by atoms with Gasteiger partial charge in [0.2, 0.25) is 0 Å². The van der Waals surface area contributed by atoms with E-state index in [1.165, 1.54) is 51.4 Å². The van der Waals surface area contributed by atoms with Crippen LogP contribution in [0.1, 0.15) is 91.9 Å². The van der Waals surface area contributed by atoms with E-state index in [2.05, 4.69) is 33.0 Å². The number of hydrogen-bond donors (Lipinski definition) is 2. The summed E-state index contributed by atoms with van der Waals surface area (Å²) in [6, 6.07) is 0. The number of nitrogens with one attached hydrogen (secondary N) is 1. The van der Waals surface area contributed by atoms with Crippen LogP contribution in [0, 0.1) is 52.3 Å². The zero-order valence-corrected chi connectivity index (χ0v) is 19.8. The van der Waals surface area contributed by atoms with Gasteiger partial charge < -0.3 is 9.84 Å². The molecule has 0 amide bonds. The molecule has 2 N–H and O–H groups in total. The van der Waals surface area contributed by atoms with Gasteiger partial charge in [-0.1, -0.05) is 27.7 Å². The Morgan fingerprint density at radius 1 is 0.867 bits per heavy atom. The summed E-state index contributed by atoms with van der Waals surface area (Å²) in [5, 5.41) is 14.2. The normalized spacial score (nSPS) is 62.5. The van der Waals surface area contributed by atoms with Gasteiger partial charge in [0, 0.05) is 12.5 Å². The number of aliphatic hydroxyl groups is 1. The monoisotopic (exact) mass is 415 g/mol. The standard InChI is InChI=1S/C27H45NO2/c1-16-7-12-27(28-15-16)17(2)24-23(30-27)14-22-20-6-5-18-13-19(29)8-10-25(18,3)21(20)9-11-26(22,24)4/h16-24,28-29H,5-15H2,1-4H3/t16-,17-,18+,19+,20-,21+,22+,23+,24+,25+,26+,27+/m1/s1. The van der Waals surface area contributed by atoms with Crippen molar-refractivity contribution in [3.8, 4) is 0 Å². The molecule has 2 saturated heterocycles. The minimum atomic E-state index is -0.0320. The Kier molecular flexibility index (Phi) is 4.58. The number of hydrogen-bond acceptors (Lipinski definition) is 3. The summed E-state index contributed by atoms with van der Waals surface area (Å²) < 4.78 is 7.01. The largest absolute Gasteiger partial charge is 0.393 e. The number of piperidine rings is 1. The second-order valence-corrected chi connectivity index (χ2v) is 13.3. The van der Waals surface area contributed by atoms with Crippen molar-refractivity contribution in [1.82, 2.24) is 5.32 Å². The summed E-state index contributed by atoms with van der Waals surface area (Å²) >= 11 is 0. The summed E-state index contributed by atoms with van der Waals surface area (Å²) in [7, 11) is 0. The minimum Gasteiger partial charge on any atom is -0.393 e. The van der Waals surface area contributed by atoms with E-state index < -0.39 is 0 Å². The van der Waals surface area contributed by atoms with Crippen LogP contribution in [0.15, 0.2) is 0 Å². The van der Waals surface area contributed by atoms with Crippen LogP contribution in [0.3, 0.4) is 0 Å². The van der Waals surface area contributed by atoms with Gasteiger partial charge in [0.05, 0.1) is 12.2 Å². The van der Waals surface area contributed by atoms with E-state index in [1.807, 2.05) is 0 Å². The zero-order valence-electron chi connectivity index (χ0n) is 19.8. The predicted molar refractivity (Wildman–Crippen MR) is 120 cm³/mol. The molecule has 30 heavy (non-hydrogen) atoms. The molecule has 1 spiro atoms. The van der Waals surface area contributed by atoms with Crippen LogP contribution >= 0.6 is 0 Å². The number of ether oxygens (including phenoxy) is 1.